The molecule has 142 valence electrons. The summed E-state index contributed by atoms with van der Waals surface area (Å²) in [7, 11) is -1.64. The molecule has 0 radical (unpaired) electrons. The number of rotatable bonds is 7. The minimum Gasteiger partial charge on any atom is -0.385 e. The summed E-state index contributed by atoms with van der Waals surface area (Å²) in [5.74, 6) is 1.00. The molecule has 1 unspecified atom stereocenters. The number of aromatic nitrogens is 3. The van der Waals surface area contributed by atoms with E-state index in [0.29, 0.717) is 37.8 Å². The van der Waals surface area contributed by atoms with Gasteiger partial charge in [-0.15, -0.1) is 0 Å². The maximum absolute atomic E-state index is 12.4. The van der Waals surface area contributed by atoms with Gasteiger partial charge in [0.15, 0.2) is 5.82 Å². The van der Waals surface area contributed by atoms with E-state index < -0.39 is 15.4 Å². The lowest BCUT2D eigenvalue weighted by molar-refractivity contribution is 0.128. The van der Waals surface area contributed by atoms with Crippen LogP contribution >= 0.6 is 0 Å². The Morgan fingerprint density at radius 1 is 1.42 bits per heavy atom. The second-order valence-electron chi connectivity index (χ2n) is 6.53. The highest BCUT2D eigenvalue weighted by Crippen LogP contribution is 2.37. The third-order valence-electron chi connectivity index (χ3n) is 4.89. The van der Waals surface area contributed by atoms with Crippen LogP contribution in [-0.4, -0.2) is 60.4 Å². The fourth-order valence-electron chi connectivity index (χ4n) is 3.35. The predicted octanol–water partition coefficient (Wildman–Crippen LogP) is 1.85. The van der Waals surface area contributed by atoms with Crippen molar-refractivity contribution in [3.63, 3.8) is 0 Å². The molecule has 9 heteroatoms. The Bertz CT molecular complexity index is 824. The van der Waals surface area contributed by atoms with Gasteiger partial charge in [0, 0.05) is 44.6 Å². The summed E-state index contributed by atoms with van der Waals surface area (Å²) >= 11 is 0. The molecule has 0 aliphatic carbocycles. The molecule has 0 N–H and O–H groups in total. The topological polar surface area (TPSA) is 98.4 Å². The molecule has 1 atom stereocenters. The van der Waals surface area contributed by atoms with Gasteiger partial charge in [0.2, 0.25) is 10.0 Å². The highest BCUT2D eigenvalue weighted by Gasteiger charge is 2.43. The molecule has 0 saturated carbocycles. The Balaban J connectivity index is 1.94. The van der Waals surface area contributed by atoms with Crippen LogP contribution < -0.4 is 0 Å². The van der Waals surface area contributed by atoms with Gasteiger partial charge in [-0.2, -0.15) is 4.98 Å². The monoisotopic (exact) mass is 380 g/mol. The van der Waals surface area contributed by atoms with Crippen molar-refractivity contribution < 1.29 is 17.7 Å². The minimum atomic E-state index is -3.27. The van der Waals surface area contributed by atoms with Gasteiger partial charge in [-0.05, 0) is 38.3 Å². The zero-order valence-corrected chi connectivity index (χ0v) is 15.9. The van der Waals surface area contributed by atoms with Crippen molar-refractivity contribution in [2.45, 2.75) is 31.6 Å². The Kier molecular flexibility index (Phi) is 5.69. The molecule has 3 rings (SSSR count). The van der Waals surface area contributed by atoms with Crippen LogP contribution in [-0.2, 0) is 20.2 Å². The molecule has 1 aliphatic heterocycles. The van der Waals surface area contributed by atoms with Gasteiger partial charge in [-0.3, -0.25) is 4.98 Å². The maximum atomic E-state index is 12.4. The summed E-state index contributed by atoms with van der Waals surface area (Å²) in [4.78, 5) is 8.65. The number of ether oxygens (including phenoxy) is 1. The number of piperidine rings is 1. The number of hydrogen-bond donors (Lipinski definition) is 0. The van der Waals surface area contributed by atoms with Gasteiger partial charge in [0.1, 0.15) is 0 Å². The Morgan fingerprint density at radius 3 is 2.96 bits per heavy atom. The summed E-state index contributed by atoms with van der Waals surface area (Å²) < 4.78 is 37.1. The van der Waals surface area contributed by atoms with Crippen LogP contribution in [0.1, 0.15) is 32.0 Å². The Labute approximate surface area is 153 Å². The van der Waals surface area contributed by atoms with E-state index in [1.54, 1.807) is 36.8 Å². The second-order valence-corrected chi connectivity index (χ2v) is 8.78. The lowest BCUT2D eigenvalue weighted by Gasteiger charge is -2.40. The molecule has 0 bridgehead atoms. The lowest BCUT2D eigenvalue weighted by atomic mass is 9.77. The fraction of sp³-hybridized carbons (Fsp3) is 0.588. The van der Waals surface area contributed by atoms with Crippen LogP contribution in [0.25, 0.3) is 11.5 Å². The molecule has 1 fully saturated rings. The fourth-order valence-corrected chi connectivity index (χ4v) is 4.57. The van der Waals surface area contributed by atoms with Crippen LogP contribution in [0, 0.1) is 0 Å². The summed E-state index contributed by atoms with van der Waals surface area (Å²) in [5, 5.41) is 4.19. The number of sulfonamides is 1. The molecule has 1 saturated heterocycles. The van der Waals surface area contributed by atoms with E-state index in [4.69, 9.17) is 9.26 Å². The van der Waals surface area contributed by atoms with Gasteiger partial charge in [0.25, 0.3) is 5.89 Å². The molecular weight excluding hydrogens is 356 g/mol. The number of nitrogens with zero attached hydrogens (tertiary/aromatic N) is 4. The number of methoxy groups -OCH3 is 1. The van der Waals surface area contributed by atoms with Gasteiger partial charge in [-0.25, -0.2) is 12.7 Å². The lowest BCUT2D eigenvalue weighted by Crippen LogP contribution is -2.50. The Morgan fingerprint density at radius 2 is 2.27 bits per heavy atom. The zero-order valence-electron chi connectivity index (χ0n) is 15.1. The minimum absolute atomic E-state index is 0.0839. The standard InChI is InChI=1S/C17H24N4O4S/c1-3-26(22,23)21-10-5-7-17(13-21,8-11-24-2)16-19-15(25-20-16)14-6-4-9-18-12-14/h4,6,9,12H,3,5,7-8,10-11,13H2,1-2H3. The first-order valence-electron chi connectivity index (χ1n) is 8.72. The van der Waals surface area contributed by atoms with E-state index in [-0.39, 0.29) is 5.75 Å². The van der Waals surface area contributed by atoms with Crippen LogP contribution in [0.3, 0.4) is 0 Å². The first-order valence-corrected chi connectivity index (χ1v) is 10.3. The highest BCUT2D eigenvalue weighted by atomic mass is 32.2. The number of hydrogen-bond acceptors (Lipinski definition) is 7. The Hall–Kier alpha value is -1.84. The maximum Gasteiger partial charge on any atom is 0.259 e. The molecule has 3 heterocycles. The smallest absolute Gasteiger partial charge is 0.259 e. The van der Waals surface area contributed by atoms with Crippen LogP contribution in [0.4, 0.5) is 0 Å². The van der Waals surface area contributed by atoms with E-state index in [1.165, 1.54) is 0 Å². The molecule has 2 aromatic rings. The summed E-state index contributed by atoms with van der Waals surface area (Å²) in [5.41, 5.74) is 0.225. The second kappa shape index (κ2) is 7.81. The van der Waals surface area contributed by atoms with Crippen LogP contribution in [0.15, 0.2) is 29.0 Å². The molecule has 0 amide bonds. The third kappa shape index (κ3) is 3.79. The molecular formula is C17H24N4O4S. The van der Waals surface area contributed by atoms with E-state index >= 15 is 0 Å². The zero-order chi connectivity index (χ0) is 18.6. The highest BCUT2D eigenvalue weighted by molar-refractivity contribution is 7.89. The van der Waals surface area contributed by atoms with Crippen LogP contribution in [0.2, 0.25) is 0 Å². The van der Waals surface area contributed by atoms with Gasteiger partial charge < -0.3 is 9.26 Å². The van der Waals surface area contributed by atoms with Crippen LogP contribution in [0.5, 0.6) is 0 Å². The van der Waals surface area contributed by atoms with Crippen molar-refractivity contribution in [2.75, 3.05) is 32.6 Å². The quantitative estimate of drug-likeness (QED) is 0.723. The van der Waals surface area contributed by atoms with Crippen molar-refractivity contribution >= 4 is 10.0 Å². The molecule has 8 nitrogen and oxygen atoms in total. The molecule has 2 aromatic heterocycles. The van der Waals surface area contributed by atoms with Crippen molar-refractivity contribution in [3.05, 3.63) is 30.4 Å². The first kappa shape index (κ1) is 18.9. The van der Waals surface area contributed by atoms with Crippen molar-refractivity contribution in [2.24, 2.45) is 0 Å². The molecule has 26 heavy (non-hydrogen) atoms. The van der Waals surface area contributed by atoms with Crippen molar-refractivity contribution in [1.82, 2.24) is 19.4 Å². The summed E-state index contributed by atoms with van der Waals surface area (Å²) in [6, 6.07) is 3.65. The third-order valence-corrected chi connectivity index (χ3v) is 6.72. The first-order chi connectivity index (χ1) is 12.5. The normalized spacial score (nSPS) is 21.8. The van der Waals surface area contributed by atoms with Crippen molar-refractivity contribution in [3.8, 4) is 11.5 Å². The molecule has 0 aromatic carbocycles. The van der Waals surface area contributed by atoms with Gasteiger partial charge in [-0.1, -0.05) is 5.16 Å². The van der Waals surface area contributed by atoms with Gasteiger partial charge in [0.05, 0.1) is 11.3 Å². The van der Waals surface area contributed by atoms with E-state index in [1.807, 2.05) is 6.07 Å². The summed E-state index contributed by atoms with van der Waals surface area (Å²) in [6.07, 6.45) is 5.51. The largest absolute Gasteiger partial charge is 0.385 e. The van der Waals surface area contributed by atoms with Gasteiger partial charge >= 0.3 is 0 Å². The van der Waals surface area contributed by atoms with E-state index in [0.717, 1.165) is 18.4 Å². The van der Waals surface area contributed by atoms with E-state index in [9.17, 15) is 8.42 Å². The average Bonchev–Trinajstić information content (AvgIpc) is 3.18. The van der Waals surface area contributed by atoms with Crippen molar-refractivity contribution in [1.29, 1.82) is 0 Å². The van der Waals surface area contributed by atoms with E-state index in [2.05, 4.69) is 15.1 Å². The average molecular weight is 380 g/mol. The molecule has 1 aliphatic rings. The molecule has 0 spiro atoms. The SMILES string of the molecule is CCS(=O)(=O)N1CCCC(CCOC)(c2noc(-c3cccnc3)n2)C1. The summed E-state index contributed by atoms with van der Waals surface area (Å²) in [6.45, 7) is 3.03. The predicted molar refractivity (Wildman–Crippen MR) is 96.0 cm³/mol. The number of pyridine rings is 1.